The molecule has 0 bridgehead atoms. The maximum Gasteiger partial charge on any atom is 0.146 e. The van der Waals surface area contributed by atoms with E-state index < -0.39 is 0 Å². The van der Waals surface area contributed by atoms with Crippen LogP contribution in [-0.4, -0.2) is 0 Å². The minimum Gasteiger partial charge on any atom is -0.291 e. The lowest BCUT2D eigenvalue weighted by Gasteiger charge is -2.23. The quantitative estimate of drug-likeness (QED) is 0.216. The Morgan fingerprint density at radius 1 is 0.475 bits per heavy atom. The van der Waals surface area contributed by atoms with Gasteiger partial charge in [0.05, 0.1) is 17.2 Å². The molecule has 0 N–H and O–H groups in total. The first-order chi connectivity index (χ1) is 19.8. The molecule has 3 aromatic heterocycles. The summed E-state index contributed by atoms with van der Waals surface area (Å²) in [6.07, 6.45) is 2.07. The number of benzene rings is 5. The Morgan fingerprint density at radius 3 is 1.35 bits per heavy atom. The number of rotatable bonds is 4. The Kier molecular flexibility index (Phi) is 5.08. The van der Waals surface area contributed by atoms with Crippen LogP contribution >= 0.6 is 0 Å². The molecule has 40 heavy (non-hydrogen) atoms. The lowest BCUT2D eigenvalue weighted by atomic mass is 9.86. The van der Waals surface area contributed by atoms with Gasteiger partial charge in [-0.25, -0.2) is 4.98 Å². The highest BCUT2D eigenvalue weighted by molar-refractivity contribution is 6.16. The van der Waals surface area contributed by atoms with Crippen LogP contribution in [0, 0.1) is 6.92 Å². The van der Waals surface area contributed by atoms with Crippen molar-refractivity contribution in [2.45, 2.75) is 6.92 Å². The van der Waals surface area contributed by atoms with Crippen LogP contribution in [0.3, 0.4) is 0 Å². The highest BCUT2D eigenvalue weighted by Gasteiger charge is 2.26. The number of hydrogen-bond acceptors (Lipinski definition) is 0. The summed E-state index contributed by atoms with van der Waals surface area (Å²) in [5, 5.41) is 2.49. The van der Waals surface area contributed by atoms with Crippen LogP contribution in [-0.2, 0) is 0 Å². The second-order valence-electron chi connectivity index (χ2n) is 10.5. The van der Waals surface area contributed by atoms with Crippen LogP contribution < -0.4 is 9.38 Å². The summed E-state index contributed by atoms with van der Waals surface area (Å²) in [6, 6.07) is 47.8. The van der Waals surface area contributed by atoms with Crippen molar-refractivity contribution >= 4 is 27.5 Å². The van der Waals surface area contributed by atoms with Gasteiger partial charge in [-0.05, 0) is 46.9 Å². The molecular formula is C38H26N2. The van der Waals surface area contributed by atoms with Crippen LogP contribution in [0.4, 0.5) is 0 Å². The van der Waals surface area contributed by atoms with Gasteiger partial charge >= 0.3 is 0 Å². The molecule has 0 aliphatic carbocycles. The van der Waals surface area contributed by atoms with Crippen LogP contribution in [0.1, 0.15) is 5.56 Å². The van der Waals surface area contributed by atoms with E-state index in [-0.39, 0.29) is 0 Å². The average molecular weight is 511 g/mol. The molecule has 0 spiro atoms. The van der Waals surface area contributed by atoms with Gasteiger partial charge in [0.25, 0.3) is 0 Å². The maximum atomic E-state index is 5.19. The predicted molar refractivity (Wildman–Crippen MR) is 166 cm³/mol. The normalized spacial score (nSPS) is 11.6. The molecule has 0 saturated carbocycles. The minimum atomic E-state index is 0.984. The first-order valence-electron chi connectivity index (χ1n) is 13.7. The number of aromatic nitrogens is 2. The van der Waals surface area contributed by atoms with E-state index in [4.69, 9.17) is 4.98 Å². The zero-order chi connectivity index (χ0) is 26.6. The molecule has 0 atom stereocenters. The van der Waals surface area contributed by atoms with Gasteiger partial charge < -0.3 is 0 Å². The van der Waals surface area contributed by atoms with Crippen molar-refractivity contribution in [3.05, 3.63) is 145 Å². The van der Waals surface area contributed by atoms with Gasteiger partial charge in [-0.1, -0.05) is 121 Å². The predicted octanol–water partition coefficient (Wildman–Crippen LogP) is 9.10. The van der Waals surface area contributed by atoms with E-state index in [1.807, 2.05) is 0 Å². The fraction of sp³-hybridized carbons (Fsp3) is 0.0263. The molecule has 0 unspecified atom stereocenters. The molecular weight excluding hydrogens is 484 g/mol. The van der Waals surface area contributed by atoms with E-state index in [1.54, 1.807) is 0 Å². The molecule has 188 valence electrons. The summed E-state index contributed by atoms with van der Waals surface area (Å²) in [6.45, 7) is 2.21. The molecule has 0 amide bonds. The summed E-state index contributed by atoms with van der Waals surface area (Å²) in [4.78, 5) is 5.19. The van der Waals surface area contributed by atoms with E-state index in [0.29, 0.717) is 0 Å². The Hall–Kier alpha value is -5.21. The van der Waals surface area contributed by atoms with Crippen molar-refractivity contribution in [1.82, 2.24) is 4.98 Å². The molecule has 0 aliphatic heterocycles. The van der Waals surface area contributed by atoms with E-state index in [0.717, 1.165) is 16.7 Å². The summed E-state index contributed by atoms with van der Waals surface area (Å²) in [5.74, 6) is 0. The lowest BCUT2D eigenvalue weighted by Crippen LogP contribution is -2.25. The third-order valence-corrected chi connectivity index (χ3v) is 8.01. The van der Waals surface area contributed by atoms with Crippen LogP contribution in [0.2, 0.25) is 0 Å². The van der Waals surface area contributed by atoms with Gasteiger partial charge in [0.15, 0.2) is 0 Å². The van der Waals surface area contributed by atoms with Gasteiger partial charge in [-0.15, -0.1) is 0 Å². The standard InChI is InChI=1S/C38H26N2/c1-25-22-30-33(26-14-6-2-7-15-26)35(28-18-10-4-11-19-28)32-24-39-38-36(29-20-12-5-13-21-29)34(27-16-8-3-9-17-27)31(23-25)37(30)40(32)38/h2-24H,1H3. The summed E-state index contributed by atoms with van der Waals surface area (Å²) < 4.78 is 2.41. The van der Waals surface area contributed by atoms with Crippen molar-refractivity contribution in [1.29, 1.82) is 0 Å². The molecule has 2 heteroatoms. The molecule has 2 nitrogen and oxygen atoms in total. The molecule has 0 aliphatic rings. The van der Waals surface area contributed by atoms with Gasteiger partial charge in [-0.3, -0.25) is 4.40 Å². The second-order valence-corrected chi connectivity index (χ2v) is 10.5. The molecule has 8 rings (SSSR count). The molecule has 0 radical (unpaired) electrons. The van der Waals surface area contributed by atoms with Crippen molar-refractivity contribution in [3.63, 3.8) is 0 Å². The van der Waals surface area contributed by atoms with Crippen molar-refractivity contribution in [2.24, 2.45) is 0 Å². The number of aryl methyl sites for hydroxylation is 1. The number of pyridine rings is 2. The van der Waals surface area contributed by atoms with E-state index >= 15 is 0 Å². The number of imidazole rings is 1. The van der Waals surface area contributed by atoms with Crippen LogP contribution in [0.25, 0.3) is 72.0 Å². The topological polar surface area (TPSA) is 18.2 Å². The zero-order valence-electron chi connectivity index (χ0n) is 22.2. The first kappa shape index (κ1) is 22.7. The summed E-state index contributed by atoms with van der Waals surface area (Å²) in [7, 11) is 0. The Morgan fingerprint density at radius 2 is 0.875 bits per heavy atom. The van der Waals surface area contributed by atoms with Gasteiger partial charge in [0.1, 0.15) is 5.65 Å². The summed E-state index contributed by atoms with van der Waals surface area (Å²) in [5.41, 5.74) is 14.2. The minimum absolute atomic E-state index is 0.984. The van der Waals surface area contributed by atoms with E-state index in [2.05, 4.69) is 151 Å². The fourth-order valence-electron chi connectivity index (χ4n) is 6.43. The zero-order valence-corrected chi connectivity index (χ0v) is 22.2. The highest BCUT2D eigenvalue weighted by atomic mass is 15.0. The van der Waals surface area contributed by atoms with Crippen molar-refractivity contribution < 1.29 is 4.40 Å². The van der Waals surface area contributed by atoms with Crippen LogP contribution in [0.5, 0.6) is 0 Å². The van der Waals surface area contributed by atoms with Gasteiger partial charge in [0.2, 0.25) is 0 Å². The van der Waals surface area contributed by atoms with Crippen LogP contribution in [0.15, 0.2) is 140 Å². The number of nitrogens with zero attached hydrogens (tertiary/aromatic N) is 2. The van der Waals surface area contributed by atoms with Gasteiger partial charge in [0, 0.05) is 33.0 Å². The first-order valence-corrected chi connectivity index (χ1v) is 13.7. The fourth-order valence-corrected chi connectivity index (χ4v) is 6.43. The van der Waals surface area contributed by atoms with Crippen molar-refractivity contribution in [2.75, 3.05) is 0 Å². The average Bonchev–Trinajstić information content (AvgIpc) is 3.45. The van der Waals surface area contributed by atoms with E-state index in [9.17, 15) is 0 Å². The largest absolute Gasteiger partial charge is 0.291 e. The lowest BCUT2D eigenvalue weighted by molar-refractivity contribution is -0.448. The molecule has 0 fully saturated rings. The Bertz CT molecular complexity index is 1980. The van der Waals surface area contributed by atoms with Gasteiger partial charge in [-0.2, -0.15) is 0 Å². The SMILES string of the molecule is Cc1cc2c(-c3ccccc3)c(-c3ccccc3)c3c[n-]c4c(-c5ccccc5)c(-c5ccccc5)c(c1)c2[n+]34. The Labute approximate surface area is 233 Å². The van der Waals surface area contributed by atoms with Crippen molar-refractivity contribution in [3.8, 4) is 44.5 Å². The molecule has 3 heterocycles. The summed E-state index contributed by atoms with van der Waals surface area (Å²) >= 11 is 0. The smallest absolute Gasteiger partial charge is 0.146 e. The Balaban J connectivity index is 1.67. The molecule has 8 aromatic rings. The monoisotopic (exact) mass is 510 g/mol. The third-order valence-electron chi connectivity index (χ3n) is 8.01. The molecule has 0 saturated heterocycles. The third kappa shape index (κ3) is 3.33. The maximum absolute atomic E-state index is 5.19. The molecule has 5 aromatic carbocycles. The highest BCUT2D eigenvalue weighted by Crippen LogP contribution is 2.46. The second kappa shape index (κ2) is 8.93. The number of hydrogen-bond donors (Lipinski definition) is 0. The van der Waals surface area contributed by atoms with E-state index in [1.165, 1.54) is 60.8 Å².